The minimum Gasteiger partial charge on any atom is -0.494 e. The highest BCUT2D eigenvalue weighted by molar-refractivity contribution is 5.92. The van der Waals surface area contributed by atoms with Crippen LogP contribution >= 0.6 is 0 Å². The van der Waals surface area contributed by atoms with Crippen molar-refractivity contribution in [2.24, 2.45) is 0 Å². The number of amides is 1. The van der Waals surface area contributed by atoms with Crippen LogP contribution in [-0.2, 0) is 6.54 Å². The Labute approximate surface area is 155 Å². The predicted octanol–water partition coefficient (Wildman–Crippen LogP) is 3.22. The summed E-state index contributed by atoms with van der Waals surface area (Å²) >= 11 is 0. The van der Waals surface area contributed by atoms with Crippen LogP contribution in [0.4, 0.5) is 0 Å². The first kappa shape index (κ1) is 18.4. The van der Waals surface area contributed by atoms with Crippen molar-refractivity contribution in [1.29, 1.82) is 0 Å². The van der Waals surface area contributed by atoms with Gasteiger partial charge in [-0.1, -0.05) is 18.2 Å². The summed E-state index contributed by atoms with van der Waals surface area (Å²) in [5, 5.41) is 0. The molecule has 1 fully saturated rings. The summed E-state index contributed by atoms with van der Waals surface area (Å²) in [4.78, 5) is 21.1. The van der Waals surface area contributed by atoms with Gasteiger partial charge in [-0.05, 0) is 63.2 Å². The zero-order valence-corrected chi connectivity index (χ0v) is 15.6. The molecule has 1 saturated carbocycles. The minimum atomic E-state index is 0.0112. The average molecular weight is 353 g/mol. The van der Waals surface area contributed by atoms with Crippen LogP contribution in [0.3, 0.4) is 0 Å². The molecular weight excluding hydrogens is 326 g/mol. The fourth-order valence-corrected chi connectivity index (χ4v) is 2.85. The van der Waals surface area contributed by atoms with Crippen LogP contribution in [0.2, 0.25) is 0 Å². The van der Waals surface area contributed by atoms with E-state index in [1.54, 1.807) is 12.3 Å². The Balaban J connectivity index is 1.57. The van der Waals surface area contributed by atoms with E-state index in [9.17, 15) is 4.79 Å². The van der Waals surface area contributed by atoms with Crippen molar-refractivity contribution in [1.82, 2.24) is 14.8 Å². The van der Waals surface area contributed by atoms with Gasteiger partial charge in [-0.2, -0.15) is 0 Å². The summed E-state index contributed by atoms with van der Waals surface area (Å²) in [6.45, 7) is 2.34. The van der Waals surface area contributed by atoms with Crippen LogP contribution in [0.1, 0.15) is 35.3 Å². The lowest BCUT2D eigenvalue weighted by Crippen LogP contribution is -2.33. The topological polar surface area (TPSA) is 45.7 Å². The Morgan fingerprint density at radius 2 is 1.92 bits per heavy atom. The zero-order valence-electron chi connectivity index (χ0n) is 15.6. The summed E-state index contributed by atoms with van der Waals surface area (Å²) in [6.07, 6.45) is 4.82. The zero-order chi connectivity index (χ0) is 18.4. The van der Waals surface area contributed by atoms with E-state index >= 15 is 0 Å². The molecule has 5 heteroatoms. The lowest BCUT2D eigenvalue weighted by molar-refractivity contribution is 0.0724. The molecule has 26 heavy (non-hydrogen) atoms. The number of nitrogens with zero attached hydrogens (tertiary/aromatic N) is 3. The molecule has 2 aromatic rings. The smallest absolute Gasteiger partial charge is 0.272 e. The largest absolute Gasteiger partial charge is 0.494 e. The Kier molecular flexibility index (Phi) is 6.23. The van der Waals surface area contributed by atoms with E-state index in [0.717, 1.165) is 37.1 Å². The molecule has 138 valence electrons. The van der Waals surface area contributed by atoms with Gasteiger partial charge in [0, 0.05) is 25.3 Å². The summed E-state index contributed by atoms with van der Waals surface area (Å²) in [5.41, 5.74) is 1.63. The van der Waals surface area contributed by atoms with Crippen molar-refractivity contribution >= 4 is 5.91 Å². The van der Waals surface area contributed by atoms with E-state index in [-0.39, 0.29) is 5.91 Å². The van der Waals surface area contributed by atoms with Gasteiger partial charge in [0.05, 0.1) is 6.61 Å². The Bertz CT molecular complexity index is 697. The quantitative estimate of drug-likeness (QED) is 0.650. The number of carbonyl (C=O) groups excluding carboxylic acids is 1. The molecule has 1 aliphatic rings. The van der Waals surface area contributed by atoms with Crippen molar-refractivity contribution in [3.05, 3.63) is 59.9 Å². The molecular formula is C21H27N3O2. The second kappa shape index (κ2) is 8.81. The molecule has 1 heterocycles. The fraction of sp³-hybridized carbons (Fsp3) is 0.429. The molecule has 0 radical (unpaired) electrons. The molecule has 1 aromatic heterocycles. The van der Waals surface area contributed by atoms with Gasteiger partial charge >= 0.3 is 0 Å². The molecule has 0 atom stereocenters. The van der Waals surface area contributed by atoms with E-state index in [1.165, 1.54) is 0 Å². The molecule has 0 aliphatic heterocycles. The van der Waals surface area contributed by atoms with Gasteiger partial charge in [0.2, 0.25) is 0 Å². The van der Waals surface area contributed by atoms with Crippen LogP contribution in [-0.4, -0.2) is 54.0 Å². The van der Waals surface area contributed by atoms with Crippen molar-refractivity contribution in [3.8, 4) is 5.75 Å². The van der Waals surface area contributed by atoms with E-state index in [1.807, 2.05) is 41.3 Å². The maximum Gasteiger partial charge on any atom is 0.272 e. The van der Waals surface area contributed by atoms with Crippen LogP contribution < -0.4 is 4.74 Å². The molecule has 1 aliphatic carbocycles. The maximum absolute atomic E-state index is 12.8. The van der Waals surface area contributed by atoms with Crippen LogP contribution in [0.15, 0.2) is 48.7 Å². The highest BCUT2D eigenvalue weighted by Gasteiger charge is 2.33. The second-order valence-electron chi connectivity index (χ2n) is 7.03. The lowest BCUT2D eigenvalue weighted by Gasteiger charge is -2.22. The number of benzene rings is 1. The molecule has 0 spiro atoms. The van der Waals surface area contributed by atoms with Crippen molar-refractivity contribution < 1.29 is 9.53 Å². The van der Waals surface area contributed by atoms with Gasteiger partial charge < -0.3 is 14.5 Å². The van der Waals surface area contributed by atoms with E-state index in [4.69, 9.17) is 4.74 Å². The first-order chi connectivity index (χ1) is 12.6. The summed E-state index contributed by atoms with van der Waals surface area (Å²) in [6, 6.07) is 13.9. The third-order valence-electron chi connectivity index (χ3n) is 4.43. The average Bonchev–Trinajstić information content (AvgIpc) is 3.49. The van der Waals surface area contributed by atoms with Crippen LogP contribution in [0.25, 0.3) is 0 Å². The molecule has 5 nitrogen and oxygen atoms in total. The number of rotatable bonds is 9. The summed E-state index contributed by atoms with van der Waals surface area (Å²) < 4.78 is 5.78. The van der Waals surface area contributed by atoms with Gasteiger partial charge in [0.1, 0.15) is 11.4 Å². The number of aromatic nitrogens is 1. The first-order valence-corrected chi connectivity index (χ1v) is 9.22. The van der Waals surface area contributed by atoms with Crippen molar-refractivity contribution in [2.45, 2.75) is 31.8 Å². The third-order valence-corrected chi connectivity index (χ3v) is 4.43. The number of pyridine rings is 1. The Morgan fingerprint density at radius 1 is 1.15 bits per heavy atom. The Morgan fingerprint density at radius 3 is 2.54 bits per heavy atom. The van der Waals surface area contributed by atoms with Gasteiger partial charge in [-0.3, -0.25) is 9.78 Å². The van der Waals surface area contributed by atoms with Crippen molar-refractivity contribution in [3.63, 3.8) is 0 Å². The number of hydrogen-bond donors (Lipinski definition) is 0. The molecule has 0 unspecified atom stereocenters. The lowest BCUT2D eigenvalue weighted by atomic mass is 10.2. The molecule has 3 rings (SSSR count). The molecule has 1 amide bonds. The van der Waals surface area contributed by atoms with Gasteiger partial charge in [0.25, 0.3) is 5.91 Å². The maximum atomic E-state index is 12.8. The van der Waals surface area contributed by atoms with E-state index in [0.29, 0.717) is 24.9 Å². The second-order valence-corrected chi connectivity index (χ2v) is 7.03. The first-order valence-electron chi connectivity index (χ1n) is 9.22. The SMILES string of the molecule is CN(C)CCCOc1ccc(CN(C(=O)c2ccccn2)C2CC2)cc1. The highest BCUT2D eigenvalue weighted by atomic mass is 16.5. The normalized spacial score (nSPS) is 13.7. The number of hydrogen-bond acceptors (Lipinski definition) is 4. The predicted molar refractivity (Wildman–Crippen MR) is 102 cm³/mol. The van der Waals surface area contributed by atoms with Crippen LogP contribution in [0, 0.1) is 0 Å². The van der Waals surface area contributed by atoms with Gasteiger partial charge in [0.15, 0.2) is 0 Å². The van der Waals surface area contributed by atoms with E-state index < -0.39 is 0 Å². The van der Waals surface area contributed by atoms with E-state index in [2.05, 4.69) is 24.0 Å². The molecule has 0 saturated heterocycles. The molecule has 0 bridgehead atoms. The monoisotopic (exact) mass is 353 g/mol. The summed E-state index contributed by atoms with van der Waals surface area (Å²) in [7, 11) is 4.12. The standard InChI is InChI=1S/C21H27N3O2/c1-23(2)14-5-15-26-19-11-7-17(8-12-19)16-24(18-9-10-18)21(25)20-6-3-4-13-22-20/h3-4,6-8,11-13,18H,5,9-10,14-16H2,1-2H3. The number of ether oxygens (including phenoxy) is 1. The molecule has 1 aromatic carbocycles. The molecule has 0 N–H and O–H groups in total. The summed E-state index contributed by atoms with van der Waals surface area (Å²) in [5.74, 6) is 0.888. The minimum absolute atomic E-state index is 0.0112. The Hall–Kier alpha value is -2.40. The van der Waals surface area contributed by atoms with Crippen molar-refractivity contribution in [2.75, 3.05) is 27.2 Å². The third kappa shape index (κ3) is 5.30. The van der Waals surface area contributed by atoms with Crippen LogP contribution in [0.5, 0.6) is 5.75 Å². The fourth-order valence-electron chi connectivity index (χ4n) is 2.85. The highest BCUT2D eigenvalue weighted by Crippen LogP contribution is 2.29. The van der Waals surface area contributed by atoms with Gasteiger partial charge in [-0.25, -0.2) is 0 Å². The van der Waals surface area contributed by atoms with Gasteiger partial charge in [-0.15, -0.1) is 0 Å². The number of carbonyl (C=O) groups is 1.